The second kappa shape index (κ2) is 8.81. The molecule has 0 fully saturated rings. The number of hydrogen-bond acceptors (Lipinski definition) is 9. The van der Waals surface area contributed by atoms with Crippen molar-refractivity contribution in [3.05, 3.63) is 63.9 Å². The predicted molar refractivity (Wildman–Crippen MR) is 118 cm³/mol. The second-order valence-electron chi connectivity index (χ2n) is 7.15. The van der Waals surface area contributed by atoms with E-state index in [1.54, 1.807) is 6.92 Å². The Balaban J connectivity index is 1.60. The van der Waals surface area contributed by atoms with Crippen molar-refractivity contribution in [2.24, 2.45) is 0 Å². The lowest BCUT2D eigenvalue weighted by Crippen LogP contribution is -2.10. The summed E-state index contributed by atoms with van der Waals surface area (Å²) in [5.74, 6) is 1.97. The maximum Gasteiger partial charge on any atom is 0.348 e. The molecule has 0 spiro atoms. The summed E-state index contributed by atoms with van der Waals surface area (Å²) in [6.07, 6.45) is 0.598. The third-order valence-electron chi connectivity index (χ3n) is 4.78. The van der Waals surface area contributed by atoms with Crippen molar-refractivity contribution in [3.63, 3.8) is 0 Å². The fraction of sp³-hybridized carbons (Fsp3) is 0.318. The number of esters is 1. The van der Waals surface area contributed by atoms with E-state index in [0.717, 1.165) is 21.3 Å². The van der Waals surface area contributed by atoms with Crippen LogP contribution >= 0.6 is 11.3 Å². The highest BCUT2D eigenvalue weighted by Crippen LogP contribution is 2.35. The first-order valence-electron chi connectivity index (χ1n) is 10.0. The van der Waals surface area contributed by atoms with Crippen LogP contribution in [0, 0.1) is 13.8 Å². The molecule has 9 heteroatoms. The first-order valence-corrected chi connectivity index (χ1v) is 10.9. The fourth-order valence-corrected chi connectivity index (χ4v) is 4.42. The number of benzene rings is 1. The van der Waals surface area contributed by atoms with Gasteiger partial charge in [0, 0.05) is 6.42 Å². The number of carbonyl (C=O) groups excluding carboxylic acids is 1. The Hall–Kier alpha value is -3.33. The molecule has 0 amide bonds. The summed E-state index contributed by atoms with van der Waals surface area (Å²) < 4.78 is 10.7. The zero-order chi connectivity index (χ0) is 22.0. The van der Waals surface area contributed by atoms with E-state index < -0.39 is 0 Å². The molecule has 0 saturated carbocycles. The molecule has 0 aliphatic heterocycles. The quantitative estimate of drug-likeness (QED) is 0.417. The van der Waals surface area contributed by atoms with Gasteiger partial charge in [-0.3, -0.25) is 0 Å². The molecular formula is C22H23N5O3S. The SMILES string of the molecule is CCOC(=O)c1sc2nc(C)nc(N[C@H](C)c3nc(Cc4ccccc4)no3)c2c1C. The first-order chi connectivity index (χ1) is 15.0. The molecule has 1 N–H and O–H groups in total. The number of carbonyl (C=O) groups is 1. The summed E-state index contributed by atoms with van der Waals surface area (Å²) in [5.41, 5.74) is 1.91. The summed E-state index contributed by atoms with van der Waals surface area (Å²) in [7, 11) is 0. The first kappa shape index (κ1) is 20.9. The summed E-state index contributed by atoms with van der Waals surface area (Å²) in [6, 6.07) is 9.71. The van der Waals surface area contributed by atoms with Crippen LogP contribution in [0.5, 0.6) is 0 Å². The van der Waals surface area contributed by atoms with Gasteiger partial charge in [0.15, 0.2) is 5.82 Å². The van der Waals surface area contributed by atoms with Crippen LogP contribution < -0.4 is 5.32 Å². The topological polar surface area (TPSA) is 103 Å². The molecule has 0 aliphatic rings. The third kappa shape index (κ3) is 4.41. The van der Waals surface area contributed by atoms with Gasteiger partial charge in [-0.05, 0) is 38.8 Å². The Morgan fingerprint density at radius 3 is 2.71 bits per heavy atom. The molecule has 1 atom stereocenters. The lowest BCUT2D eigenvalue weighted by molar-refractivity contribution is 0.0531. The van der Waals surface area contributed by atoms with Gasteiger partial charge < -0.3 is 14.6 Å². The van der Waals surface area contributed by atoms with Crippen molar-refractivity contribution < 1.29 is 14.1 Å². The minimum Gasteiger partial charge on any atom is -0.462 e. The number of aryl methyl sites for hydroxylation is 2. The van der Waals surface area contributed by atoms with Gasteiger partial charge in [0.1, 0.15) is 27.4 Å². The van der Waals surface area contributed by atoms with Crippen molar-refractivity contribution in [2.45, 2.75) is 40.2 Å². The average Bonchev–Trinajstić information content (AvgIpc) is 3.33. The van der Waals surface area contributed by atoms with Crippen LogP contribution in [0.3, 0.4) is 0 Å². The highest BCUT2D eigenvalue weighted by molar-refractivity contribution is 7.20. The van der Waals surface area contributed by atoms with E-state index in [-0.39, 0.29) is 12.0 Å². The van der Waals surface area contributed by atoms with E-state index >= 15 is 0 Å². The average molecular weight is 438 g/mol. The maximum atomic E-state index is 12.3. The highest BCUT2D eigenvalue weighted by Gasteiger charge is 2.23. The standard InChI is InChI=1S/C22H23N5O3S/c1-5-29-22(28)18-12(2)17-19(24-14(4)25-21(17)31-18)23-13(3)20-26-16(27-30-20)11-15-9-7-6-8-10-15/h6-10,13H,5,11H2,1-4H3,(H,23,24,25)/t13-/m1/s1. The number of hydrogen-bond donors (Lipinski definition) is 1. The van der Waals surface area contributed by atoms with Gasteiger partial charge in [-0.15, -0.1) is 11.3 Å². The van der Waals surface area contributed by atoms with E-state index in [9.17, 15) is 4.79 Å². The van der Waals surface area contributed by atoms with Gasteiger partial charge in [0.25, 0.3) is 0 Å². The maximum absolute atomic E-state index is 12.3. The number of nitrogens with one attached hydrogen (secondary N) is 1. The van der Waals surface area contributed by atoms with E-state index in [2.05, 4.69) is 25.4 Å². The zero-order valence-electron chi connectivity index (χ0n) is 17.8. The Morgan fingerprint density at radius 2 is 1.97 bits per heavy atom. The number of rotatable bonds is 7. The third-order valence-corrected chi connectivity index (χ3v) is 5.94. The molecule has 1 aromatic carbocycles. The molecule has 0 bridgehead atoms. The van der Waals surface area contributed by atoms with Gasteiger partial charge in [0.05, 0.1) is 12.0 Å². The summed E-state index contributed by atoms with van der Waals surface area (Å²) in [6.45, 7) is 7.73. The molecule has 0 aliphatic carbocycles. The van der Waals surface area contributed by atoms with Crippen LogP contribution in [0.4, 0.5) is 5.82 Å². The molecule has 4 aromatic rings. The van der Waals surface area contributed by atoms with Crippen molar-refractivity contribution >= 4 is 33.3 Å². The number of aromatic nitrogens is 4. The van der Waals surface area contributed by atoms with E-state index in [1.165, 1.54) is 11.3 Å². The molecule has 0 saturated heterocycles. The smallest absolute Gasteiger partial charge is 0.348 e. The van der Waals surface area contributed by atoms with Gasteiger partial charge >= 0.3 is 5.97 Å². The van der Waals surface area contributed by atoms with E-state index in [1.807, 2.05) is 51.1 Å². The predicted octanol–water partition coefficient (Wildman–Crippen LogP) is 4.63. The minimum atomic E-state index is -0.345. The van der Waals surface area contributed by atoms with E-state index in [4.69, 9.17) is 9.26 Å². The van der Waals surface area contributed by atoms with Crippen LogP contribution in [0.1, 0.15) is 58.2 Å². The van der Waals surface area contributed by atoms with Gasteiger partial charge in [-0.2, -0.15) is 4.98 Å². The Kier molecular flexibility index (Phi) is 5.94. The number of ether oxygens (including phenoxy) is 1. The van der Waals surface area contributed by atoms with Crippen LogP contribution in [0.2, 0.25) is 0 Å². The van der Waals surface area contributed by atoms with Crippen LogP contribution in [-0.4, -0.2) is 32.7 Å². The monoisotopic (exact) mass is 437 g/mol. The molecule has 31 heavy (non-hydrogen) atoms. The largest absolute Gasteiger partial charge is 0.462 e. The molecule has 8 nitrogen and oxygen atoms in total. The van der Waals surface area contributed by atoms with Crippen LogP contribution in [-0.2, 0) is 11.2 Å². The van der Waals surface area contributed by atoms with Crippen molar-refractivity contribution in [1.29, 1.82) is 0 Å². The zero-order valence-corrected chi connectivity index (χ0v) is 18.6. The lowest BCUT2D eigenvalue weighted by Gasteiger charge is -2.12. The van der Waals surface area contributed by atoms with Crippen molar-refractivity contribution in [2.75, 3.05) is 11.9 Å². The highest BCUT2D eigenvalue weighted by atomic mass is 32.1. The van der Waals surface area contributed by atoms with Gasteiger partial charge in [-0.25, -0.2) is 14.8 Å². The second-order valence-corrected chi connectivity index (χ2v) is 8.15. The number of anilines is 1. The van der Waals surface area contributed by atoms with Crippen molar-refractivity contribution in [1.82, 2.24) is 20.1 Å². The number of fused-ring (bicyclic) bond motifs is 1. The molecule has 3 heterocycles. The molecule has 160 valence electrons. The molecule has 0 unspecified atom stereocenters. The molecular weight excluding hydrogens is 414 g/mol. The fourth-order valence-electron chi connectivity index (χ4n) is 3.30. The molecule has 4 rings (SSSR count). The minimum absolute atomic E-state index is 0.278. The summed E-state index contributed by atoms with van der Waals surface area (Å²) in [5, 5.41) is 8.25. The lowest BCUT2D eigenvalue weighted by atomic mass is 10.1. The van der Waals surface area contributed by atoms with Crippen molar-refractivity contribution in [3.8, 4) is 0 Å². The molecule has 0 radical (unpaired) electrons. The van der Waals surface area contributed by atoms with E-state index in [0.29, 0.717) is 41.3 Å². The summed E-state index contributed by atoms with van der Waals surface area (Å²) >= 11 is 1.31. The number of nitrogens with zero attached hydrogens (tertiary/aromatic N) is 4. The Labute approximate surface area is 183 Å². The van der Waals surface area contributed by atoms with Gasteiger partial charge in [-0.1, -0.05) is 35.5 Å². The van der Waals surface area contributed by atoms with Crippen LogP contribution in [0.25, 0.3) is 10.2 Å². The normalized spacial score (nSPS) is 12.1. The Morgan fingerprint density at radius 1 is 1.19 bits per heavy atom. The van der Waals surface area contributed by atoms with Crippen LogP contribution in [0.15, 0.2) is 34.9 Å². The Bertz CT molecular complexity index is 1220. The number of thiophene rings is 1. The summed E-state index contributed by atoms with van der Waals surface area (Å²) in [4.78, 5) is 27.2. The van der Waals surface area contributed by atoms with Gasteiger partial charge in [0.2, 0.25) is 5.89 Å². The molecule has 3 aromatic heterocycles.